The fourth-order valence-electron chi connectivity index (χ4n) is 0.178. The maximum atomic E-state index is 5.09. The third kappa shape index (κ3) is 6.22. The molecular weight excluding hydrogens is 140 g/mol. The molecule has 48 valence electrons. The third-order valence-corrected chi connectivity index (χ3v) is 1.44. The van der Waals surface area contributed by atoms with Crippen LogP contribution >= 0.6 is 21.0 Å². The van der Waals surface area contributed by atoms with Crippen molar-refractivity contribution in [3.8, 4) is 12.3 Å². The first-order chi connectivity index (χ1) is 3.56. The van der Waals surface area contributed by atoms with Gasteiger partial charge in [0.2, 0.25) is 0 Å². The van der Waals surface area contributed by atoms with Crippen molar-refractivity contribution in [1.82, 2.24) is 0 Å². The van der Waals surface area contributed by atoms with E-state index in [9.17, 15) is 0 Å². The number of rotatable bonds is 2. The largest absolute Gasteiger partial charge is 0.315 e. The molecule has 0 saturated carbocycles. The van der Waals surface area contributed by atoms with Crippen LogP contribution in [-0.2, 0) is 4.18 Å². The van der Waals surface area contributed by atoms with Gasteiger partial charge in [0.05, 0.1) is 0 Å². The zero-order valence-electron chi connectivity index (χ0n) is 5.05. The van der Waals surface area contributed by atoms with Gasteiger partial charge in [-0.2, -0.15) is 0 Å². The van der Waals surface area contributed by atoms with Crippen LogP contribution in [0.25, 0.3) is 0 Å². The Bertz CT molecular complexity index is 98.0. The summed E-state index contributed by atoms with van der Waals surface area (Å²) in [5.74, 6) is 2.37. The van der Waals surface area contributed by atoms with E-state index < -0.39 is 9.34 Å². The topological polar surface area (TPSA) is 9.23 Å². The molecule has 0 rings (SSSR count). The van der Waals surface area contributed by atoms with Gasteiger partial charge in [0.15, 0.2) is 0 Å². The Morgan fingerprint density at radius 3 is 2.38 bits per heavy atom. The van der Waals surface area contributed by atoms with Gasteiger partial charge in [-0.25, -0.2) is 0 Å². The van der Waals surface area contributed by atoms with Gasteiger partial charge in [0.25, 0.3) is 0 Å². The average molecular weight is 150 g/mol. The first kappa shape index (κ1) is 8.22. The summed E-state index contributed by atoms with van der Waals surface area (Å²) >= 11 is 4.15. The van der Waals surface area contributed by atoms with Gasteiger partial charge in [-0.3, -0.25) is 0 Å². The lowest BCUT2D eigenvalue weighted by atomic mass is 10.8. The van der Waals surface area contributed by atoms with E-state index in [2.05, 4.69) is 17.6 Å². The molecule has 0 bridgehead atoms. The van der Waals surface area contributed by atoms with Crippen LogP contribution < -0.4 is 0 Å². The van der Waals surface area contributed by atoms with Crippen LogP contribution in [0.2, 0.25) is 0 Å². The predicted molar refractivity (Wildman–Crippen MR) is 43.2 cm³/mol. The Morgan fingerprint density at radius 2 is 2.25 bits per heavy atom. The van der Waals surface area contributed by atoms with Crippen LogP contribution in [0.5, 0.6) is 0 Å². The molecule has 0 aliphatic rings. The number of hydrogen-bond acceptors (Lipinski definition) is 2. The molecule has 0 atom stereocenters. The Kier molecular flexibility index (Phi) is 3.38. The van der Waals surface area contributed by atoms with Gasteiger partial charge in [-0.05, 0) is 12.5 Å². The molecule has 0 aliphatic heterocycles. The van der Waals surface area contributed by atoms with Gasteiger partial charge in [-0.15, -0.1) is 18.1 Å². The molecule has 3 heteroatoms. The highest BCUT2D eigenvalue weighted by Crippen LogP contribution is 2.45. The van der Waals surface area contributed by atoms with E-state index in [0.717, 1.165) is 0 Å². The highest BCUT2D eigenvalue weighted by Gasteiger charge is 2.01. The summed E-state index contributed by atoms with van der Waals surface area (Å²) in [6, 6.07) is 0. The van der Waals surface area contributed by atoms with Crippen molar-refractivity contribution in [2.75, 3.05) is 19.1 Å². The lowest BCUT2D eigenvalue weighted by Gasteiger charge is -2.21. The molecule has 0 heterocycles. The molecule has 1 nitrogen and oxygen atoms in total. The smallest absolute Gasteiger partial charge is 0.120 e. The molecule has 0 aromatic heterocycles. The molecule has 0 saturated heterocycles. The third-order valence-electron chi connectivity index (χ3n) is 0.431. The highest BCUT2D eigenvalue weighted by atomic mass is 33.1. The average Bonchev–Trinajstić information content (AvgIpc) is 1.59. The van der Waals surface area contributed by atoms with Crippen molar-refractivity contribution >= 4 is 21.0 Å². The van der Waals surface area contributed by atoms with Crippen LogP contribution in [0.4, 0.5) is 0 Å². The Labute approximate surface area is 57.1 Å². The zero-order valence-corrected chi connectivity index (χ0v) is 6.76. The van der Waals surface area contributed by atoms with Crippen LogP contribution in [0.1, 0.15) is 0 Å². The minimum absolute atomic E-state index is 0.367. The minimum Gasteiger partial charge on any atom is -0.315 e. The lowest BCUT2D eigenvalue weighted by Crippen LogP contribution is -1.92. The molecule has 8 heavy (non-hydrogen) atoms. The lowest BCUT2D eigenvalue weighted by molar-refractivity contribution is 0.430. The summed E-state index contributed by atoms with van der Waals surface area (Å²) in [5, 5.41) is 0. The molecule has 0 amide bonds. The van der Waals surface area contributed by atoms with Gasteiger partial charge < -0.3 is 4.18 Å². The van der Waals surface area contributed by atoms with E-state index in [1.807, 2.05) is 12.5 Å². The summed E-state index contributed by atoms with van der Waals surface area (Å²) < 4.78 is 5.09. The normalized spacial score (nSPS) is 12.8. The van der Waals surface area contributed by atoms with Gasteiger partial charge in [-0.1, -0.05) is 15.3 Å². The second-order valence-electron chi connectivity index (χ2n) is 1.65. The van der Waals surface area contributed by atoms with Crippen molar-refractivity contribution in [3.05, 3.63) is 0 Å². The van der Waals surface area contributed by atoms with Gasteiger partial charge in [0.1, 0.15) is 6.61 Å². The maximum absolute atomic E-state index is 5.09. The summed E-state index contributed by atoms with van der Waals surface area (Å²) in [6.45, 7) is 0.367. The summed E-state index contributed by atoms with van der Waals surface area (Å²) in [4.78, 5) is 0. The molecule has 0 radical (unpaired) electrons. The monoisotopic (exact) mass is 150 g/mol. The SMILES string of the molecule is C#CCOS(C)(C)S. The number of hydrogen-bond donors (Lipinski definition) is 1. The van der Waals surface area contributed by atoms with Crippen LogP contribution in [0, 0.1) is 12.3 Å². The Balaban J connectivity index is 3.28. The Morgan fingerprint density at radius 1 is 1.75 bits per heavy atom. The first-order valence-corrected chi connectivity index (χ1v) is 5.52. The maximum Gasteiger partial charge on any atom is 0.120 e. The molecule has 0 aromatic rings. The van der Waals surface area contributed by atoms with E-state index in [1.165, 1.54) is 0 Å². The molecule has 0 fully saturated rings. The number of thiol groups is 1. The molecule has 0 aromatic carbocycles. The first-order valence-electron chi connectivity index (χ1n) is 2.10. The minimum atomic E-state index is -1.13. The van der Waals surface area contributed by atoms with E-state index in [1.54, 1.807) is 0 Å². The van der Waals surface area contributed by atoms with Crippen molar-refractivity contribution in [2.45, 2.75) is 0 Å². The zero-order chi connectivity index (χ0) is 6.62. The second-order valence-corrected chi connectivity index (χ2v) is 6.88. The van der Waals surface area contributed by atoms with E-state index in [-0.39, 0.29) is 0 Å². The van der Waals surface area contributed by atoms with Gasteiger partial charge >= 0.3 is 0 Å². The van der Waals surface area contributed by atoms with Crippen molar-refractivity contribution in [3.63, 3.8) is 0 Å². The molecule has 0 spiro atoms. The van der Waals surface area contributed by atoms with E-state index in [4.69, 9.17) is 10.6 Å². The molecule has 0 aliphatic carbocycles. The fourth-order valence-corrected chi connectivity index (χ4v) is 0.693. The van der Waals surface area contributed by atoms with Crippen molar-refractivity contribution in [2.24, 2.45) is 0 Å². The van der Waals surface area contributed by atoms with Crippen LogP contribution in [0.3, 0.4) is 0 Å². The summed E-state index contributed by atoms with van der Waals surface area (Å²) in [5.41, 5.74) is 0. The molecular formula is C5H10OS2. The highest BCUT2D eigenvalue weighted by molar-refractivity contribution is 8.85. The van der Waals surface area contributed by atoms with E-state index >= 15 is 0 Å². The Hall–Kier alpha value is 0.220. The quantitative estimate of drug-likeness (QED) is 0.356. The van der Waals surface area contributed by atoms with Crippen LogP contribution in [0.15, 0.2) is 0 Å². The standard InChI is InChI=1S/C5H10OS2/c1-4-5-6-8(2,3)7/h1,7H,5H2,2-3H3. The number of terminal acetylenes is 1. The van der Waals surface area contributed by atoms with Crippen molar-refractivity contribution in [1.29, 1.82) is 0 Å². The molecule has 0 N–H and O–H groups in total. The molecule has 0 unspecified atom stereocenters. The van der Waals surface area contributed by atoms with Crippen molar-refractivity contribution < 1.29 is 4.18 Å². The van der Waals surface area contributed by atoms with Gasteiger partial charge in [0, 0.05) is 0 Å². The van der Waals surface area contributed by atoms with Crippen LogP contribution in [-0.4, -0.2) is 19.1 Å². The predicted octanol–water partition coefficient (Wildman–Crippen LogP) is 1.46. The fraction of sp³-hybridized carbons (Fsp3) is 0.600. The summed E-state index contributed by atoms with van der Waals surface area (Å²) in [6.07, 6.45) is 8.79. The summed E-state index contributed by atoms with van der Waals surface area (Å²) in [7, 11) is -1.13. The van der Waals surface area contributed by atoms with E-state index in [0.29, 0.717) is 6.61 Å². The second kappa shape index (κ2) is 3.29.